The number of carbonyl (C=O) groups excluding carboxylic acids is 1. The van der Waals surface area contributed by atoms with E-state index in [4.69, 9.17) is 4.18 Å². The second kappa shape index (κ2) is 10.3. The summed E-state index contributed by atoms with van der Waals surface area (Å²) in [6, 6.07) is 17.9. The van der Waals surface area contributed by atoms with Crippen LogP contribution in [-0.2, 0) is 14.9 Å². The SMILES string of the molecule is Cc1ccc(S(=O)(=O)Oc2ccc(/C=C(\C#N)C(=O)Nc3c(Br)cc(C)cc3Br)cc2)cc1. The lowest BCUT2D eigenvalue weighted by molar-refractivity contribution is -0.112. The first-order valence-electron chi connectivity index (χ1n) is 9.59. The van der Waals surface area contributed by atoms with Gasteiger partial charge < -0.3 is 9.50 Å². The summed E-state index contributed by atoms with van der Waals surface area (Å²) >= 11 is 6.81. The van der Waals surface area contributed by atoms with Crippen molar-refractivity contribution >= 4 is 59.6 Å². The second-order valence-electron chi connectivity index (χ2n) is 7.15. The molecule has 0 aliphatic heterocycles. The Labute approximate surface area is 209 Å². The van der Waals surface area contributed by atoms with Crippen LogP contribution in [-0.4, -0.2) is 14.3 Å². The van der Waals surface area contributed by atoms with Crippen LogP contribution in [0.5, 0.6) is 5.75 Å². The molecule has 0 heterocycles. The van der Waals surface area contributed by atoms with Crippen LogP contribution in [0.25, 0.3) is 6.08 Å². The van der Waals surface area contributed by atoms with Crippen LogP contribution in [0, 0.1) is 25.2 Å². The number of halogens is 2. The molecule has 0 aromatic heterocycles. The third-order valence-electron chi connectivity index (χ3n) is 4.50. The summed E-state index contributed by atoms with van der Waals surface area (Å²) in [6.45, 7) is 3.78. The molecule has 0 aliphatic carbocycles. The predicted molar refractivity (Wildman–Crippen MR) is 134 cm³/mol. The maximum Gasteiger partial charge on any atom is 0.339 e. The summed E-state index contributed by atoms with van der Waals surface area (Å²) in [7, 11) is -3.97. The summed E-state index contributed by atoms with van der Waals surface area (Å²) in [6.07, 6.45) is 1.41. The number of hydrogen-bond acceptors (Lipinski definition) is 5. The molecule has 0 saturated carbocycles. The van der Waals surface area contributed by atoms with Gasteiger partial charge in [-0.05, 0) is 99.3 Å². The first-order valence-corrected chi connectivity index (χ1v) is 12.6. The molecule has 1 amide bonds. The smallest absolute Gasteiger partial charge is 0.339 e. The zero-order chi connectivity index (χ0) is 24.2. The second-order valence-corrected chi connectivity index (χ2v) is 10.4. The Morgan fingerprint density at radius 2 is 1.55 bits per heavy atom. The Bertz CT molecular complexity index is 1350. The number of carbonyl (C=O) groups is 1. The van der Waals surface area contributed by atoms with Crippen LogP contribution < -0.4 is 9.50 Å². The molecule has 0 radical (unpaired) electrons. The highest BCUT2D eigenvalue weighted by Crippen LogP contribution is 2.32. The Morgan fingerprint density at radius 3 is 2.09 bits per heavy atom. The largest absolute Gasteiger partial charge is 0.379 e. The Morgan fingerprint density at radius 1 is 0.970 bits per heavy atom. The molecule has 0 fully saturated rings. The quantitative estimate of drug-likeness (QED) is 0.211. The number of nitrogens with zero attached hydrogens (tertiary/aromatic N) is 1. The Kier molecular flexibility index (Phi) is 7.74. The van der Waals surface area contributed by atoms with Crippen molar-refractivity contribution in [1.29, 1.82) is 5.26 Å². The zero-order valence-corrected chi connectivity index (χ0v) is 21.6. The van der Waals surface area contributed by atoms with Crippen molar-refractivity contribution in [2.24, 2.45) is 0 Å². The van der Waals surface area contributed by atoms with Crippen molar-refractivity contribution in [2.45, 2.75) is 18.7 Å². The maximum absolute atomic E-state index is 12.6. The third-order valence-corrected chi connectivity index (χ3v) is 7.01. The van der Waals surface area contributed by atoms with Crippen molar-refractivity contribution in [2.75, 3.05) is 5.32 Å². The van der Waals surface area contributed by atoms with E-state index >= 15 is 0 Å². The lowest BCUT2D eigenvalue weighted by atomic mass is 10.1. The lowest BCUT2D eigenvalue weighted by Gasteiger charge is -2.10. The number of rotatable bonds is 6. The van der Waals surface area contributed by atoms with Crippen LogP contribution in [0.4, 0.5) is 5.69 Å². The zero-order valence-electron chi connectivity index (χ0n) is 17.6. The minimum absolute atomic E-state index is 0.0499. The van der Waals surface area contributed by atoms with Gasteiger partial charge in [0.25, 0.3) is 5.91 Å². The summed E-state index contributed by atoms with van der Waals surface area (Å²) in [5.41, 5.74) is 2.86. The van der Waals surface area contributed by atoms with E-state index in [2.05, 4.69) is 37.2 Å². The fourth-order valence-corrected chi connectivity index (χ4v) is 5.36. The molecule has 3 aromatic rings. The summed E-state index contributed by atoms with van der Waals surface area (Å²) in [4.78, 5) is 12.7. The number of hydrogen-bond donors (Lipinski definition) is 1. The predicted octanol–water partition coefficient (Wildman–Crippen LogP) is 6.14. The molecular formula is C24H18Br2N2O4S. The molecule has 1 N–H and O–H groups in total. The van der Waals surface area contributed by atoms with Crippen molar-refractivity contribution < 1.29 is 17.4 Å². The first-order chi connectivity index (χ1) is 15.6. The average molecular weight is 590 g/mol. The molecule has 6 nitrogen and oxygen atoms in total. The van der Waals surface area contributed by atoms with Gasteiger partial charge in [0.2, 0.25) is 0 Å². The number of nitriles is 1. The van der Waals surface area contributed by atoms with Gasteiger partial charge in [-0.2, -0.15) is 13.7 Å². The first kappa shape index (κ1) is 24.7. The molecule has 0 spiro atoms. The molecule has 33 heavy (non-hydrogen) atoms. The van der Waals surface area contributed by atoms with Crippen molar-refractivity contribution in [3.8, 4) is 11.8 Å². The fourth-order valence-electron chi connectivity index (χ4n) is 2.81. The van der Waals surface area contributed by atoms with Gasteiger partial charge in [0.05, 0.1) is 5.69 Å². The third kappa shape index (κ3) is 6.32. The summed E-state index contributed by atoms with van der Waals surface area (Å²) in [5, 5.41) is 12.2. The van der Waals surface area contributed by atoms with E-state index in [1.165, 1.54) is 30.3 Å². The maximum atomic E-state index is 12.6. The molecule has 168 valence electrons. The Balaban J connectivity index is 1.76. The monoisotopic (exact) mass is 588 g/mol. The van der Waals surface area contributed by atoms with Gasteiger partial charge in [-0.1, -0.05) is 29.8 Å². The minimum atomic E-state index is -3.97. The van der Waals surface area contributed by atoms with Crippen molar-refractivity contribution in [3.63, 3.8) is 0 Å². The van der Waals surface area contributed by atoms with E-state index in [9.17, 15) is 18.5 Å². The van der Waals surface area contributed by atoms with Crippen molar-refractivity contribution in [1.82, 2.24) is 0 Å². The highest BCUT2D eigenvalue weighted by molar-refractivity contribution is 9.11. The molecule has 3 rings (SSSR count). The number of benzene rings is 3. The van der Waals surface area contributed by atoms with E-state index in [1.54, 1.807) is 24.3 Å². The normalized spacial score (nSPS) is 11.5. The van der Waals surface area contributed by atoms with Gasteiger partial charge in [-0.3, -0.25) is 4.79 Å². The summed E-state index contributed by atoms with van der Waals surface area (Å²) < 4.78 is 31.4. The molecule has 0 atom stereocenters. The standard InChI is InChI=1S/C24H18Br2N2O4S/c1-15-3-9-20(10-4-15)33(30,31)32-19-7-5-17(6-8-19)13-18(14-27)24(29)28-23-21(25)11-16(2)12-22(23)26/h3-13H,1-2H3,(H,28,29)/b18-13+. The molecule has 0 bridgehead atoms. The molecule has 0 saturated heterocycles. The van der Waals surface area contributed by atoms with Crippen LogP contribution in [0.15, 0.2) is 80.1 Å². The van der Waals surface area contributed by atoms with Gasteiger partial charge in [0.15, 0.2) is 0 Å². The minimum Gasteiger partial charge on any atom is -0.379 e. The van der Waals surface area contributed by atoms with Gasteiger partial charge in [-0.15, -0.1) is 0 Å². The van der Waals surface area contributed by atoms with Gasteiger partial charge >= 0.3 is 10.1 Å². The Hall–Kier alpha value is -2.93. The lowest BCUT2D eigenvalue weighted by Crippen LogP contribution is -2.14. The topological polar surface area (TPSA) is 96.3 Å². The molecule has 3 aromatic carbocycles. The van der Waals surface area contributed by atoms with E-state index in [-0.39, 0.29) is 16.2 Å². The van der Waals surface area contributed by atoms with E-state index in [0.29, 0.717) is 20.2 Å². The molecule has 9 heteroatoms. The molecular weight excluding hydrogens is 572 g/mol. The van der Waals surface area contributed by atoms with Crippen LogP contribution >= 0.6 is 31.9 Å². The van der Waals surface area contributed by atoms with Gasteiger partial charge in [-0.25, -0.2) is 0 Å². The van der Waals surface area contributed by atoms with Gasteiger partial charge in [0.1, 0.15) is 22.3 Å². The van der Waals surface area contributed by atoms with Crippen LogP contribution in [0.1, 0.15) is 16.7 Å². The number of aryl methyl sites for hydroxylation is 2. The average Bonchev–Trinajstić information content (AvgIpc) is 2.75. The van der Waals surface area contributed by atoms with E-state index in [1.807, 2.05) is 32.0 Å². The van der Waals surface area contributed by atoms with E-state index < -0.39 is 16.0 Å². The van der Waals surface area contributed by atoms with Crippen molar-refractivity contribution in [3.05, 3.63) is 91.9 Å². The number of anilines is 1. The molecule has 0 unspecified atom stereocenters. The highest BCUT2D eigenvalue weighted by Gasteiger charge is 2.17. The fraction of sp³-hybridized carbons (Fsp3) is 0.0833. The highest BCUT2D eigenvalue weighted by atomic mass is 79.9. The molecule has 0 aliphatic rings. The number of amides is 1. The summed E-state index contributed by atoms with van der Waals surface area (Å²) in [5.74, 6) is -0.465. The number of nitrogens with one attached hydrogen (secondary N) is 1. The van der Waals surface area contributed by atoms with E-state index in [0.717, 1.165) is 11.1 Å². The van der Waals surface area contributed by atoms with Crippen LogP contribution in [0.2, 0.25) is 0 Å². The van der Waals surface area contributed by atoms with Crippen LogP contribution in [0.3, 0.4) is 0 Å². The van der Waals surface area contributed by atoms with Gasteiger partial charge in [0, 0.05) is 8.95 Å².